The van der Waals surface area contributed by atoms with Gasteiger partial charge in [-0.3, -0.25) is 14.8 Å². The molecule has 0 amide bonds. The number of hydrogen-bond donors (Lipinski definition) is 3. The van der Waals surface area contributed by atoms with Crippen LogP contribution in [0.1, 0.15) is 5.56 Å². The van der Waals surface area contributed by atoms with Gasteiger partial charge in [0, 0.05) is 34.7 Å². The summed E-state index contributed by atoms with van der Waals surface area (Å²) in [5, 5.41) is 0.928. The number of alkyl halides is 3. The number of fused-ring (bicyclic) bond motifs is 1. The van der Waals surface area contributed by atoms with E-state index in [0.29, 0.717) is 38.5 Å². The Morgan fingerprint density at radius 2 is 1.68 bits per heavy atom. The maximum absolute atomic E-state index is 14.2. The maximum atomic E-state index is 14.2. The minimum Gasteiger partial charge on any atom is -0.397 e. The minimum absolute atomic E-state index is 0.0240. The molecule has 0 aliphatic carbocycles. The van der Waals surface area contributed by atoms with Crippen molar-refractivity contribution in [1.29, 1.82) is 0 Å². The van der Waals surface area contributed by atoms with Crippen LogP contribution in [0.5, 0.6) is 0 Å². The summed E-state index contributed by atoms with van der Waals surface area (Å²) in [5.41, 5.74) is 0.260. The number of halogens is 6. The first-order chi connectivity index (χ1) is 18.9. The monoisotopic (exact) mass is 574 g/mol. The van der Waals surface area contributed by atoms with Crippen LogP contribution in [0.25, 0.3) is 27.7 Å². The van der Waals surface area contributed by atoms with Gasteiger partial charge in [-0.25, -0.2) is 24.0 Å². The van der Waals surface area contributed by atoms with Gasteiger partial charge in [0.1, 0.15) is 5.69 Å². The molecule has 0 saturated carbocycles. The Labute approximate surface area is 225 Å². The van der Waals surface area contributed by atoms with Gasteiger partial charge < -0.3 is 10.7 Å². The van der Waals surface area contributed by atoms with E-state index in [4.69, 9.17) is 23.2 Å². The summed E-state index contributed by atoms with van der Waals surface area (Å²) in [7, 11) is 0. The summed E-state index contributed by atoms with van der Waals surface area (Å²) in [4.78, 5) is 33.8. The molecule has 2 heterocycles. The Hall–Kier alpha value is -4.75. The topological polar surface area (TPSA) is 123 Å². The molecule has 0 atom stereocenters. The number of pyridine rings is 1. The smallest absolute Gasteiger partial charge is 0.397 e. The summed E-state index contributed by atoms with van der Waals surface area (Å²) < 4.78 is 69.5. The Balaban J connectivity index is 1.87. The van der Waals surface area contributed by atoms with Gasteiger partial charge in [-0.15, -0.1) is 0 Å². The van der Waals surface area contributed by atoms with Crippen molar-refractivity contribution in [2.75, 3.05) is 10.7 Å². The average Bonchev–Trinajstić information content (AvgIpc) is 2.90. The number of aromatic nitrogens is 3. The molecule has 8 nitrogen and oxygen atoms in total. The van der Waals surface area contributed by atoms with Gasteiger partial charge in [0.05, 0.1) is 39.5 Å². The molecule has 0 radical (unpaired) electrons. The number of aromatic amines is 1. The van der Waals surface area contributed by atoms with E-state index in [2.05, 4.69) is 9.97 Å². The summed E-state index contributed by atoms with van der Waals surface area (Å²) in [6.07, 6.45) is -2.15. The van der Waals surface area contributed by atoms with Crippen LogP contribution in [-0.2, 0) is 6.18 Å². The second-order valence-corrected chi connectivity index (χ2v) is 8.97. The SMILES string of the molecule is Nc1cc(F)c(F)cc1N(N)c1c(-c2ccc(Cl)c(C(F)(F)F)c2)[nH]c(=O)n(-c2cncc3ccccc23)c1=O. The Bertz CT molecular complexity index is 1920. The zero-order valence-corrected chi connectivity index (χ0v) is 20.7. The lowest BCUT2D eigenvalue weighted by Crippen LogP contribution is -2.41. The molecule has 0 unspecified atom stereocenters. The van der Waals surface area contributed by atoms with Gasteiger partial charge in [-0.05, 0) is 12.1 Å². The van der Waals surface area contributed by atoms with Crippen molar-refractivity contribution in [2.24, 2.45) is 5.84 Å². The first-order valence-corrected chi connectivity index (χ1v) is 11.6. The highest BCUT2D eigenvalue weighted by Gasteiger charge is 2.34. The first kappa shape index (κ1) is 26.8. The molecule has 5 N–H and O–H groups in total. The van der Waals surface area contributed by atoms with Crippen molar-refractivity contribution in [1.82, 2.24) is 14.5 Å². The van der Waals surface area contributed by atoms with Crippen molar-refractivity contribution < 1.29 is 22.0 Å². The van der Waals surface area contributed by atoms with Crippen LogP contribution in [0.3, 0.4) is 0 Å². The van der Waals surface area contributed by atoms with E-state index < -0.39 is 62.4 Å². The number of nitrogen functional groups attached to an aromatic ring is 1. The second-order valence-electron chi connectivity index (χ2n) is 8.56. The van der Waals surface area contributed by atoms with Gasteiger partial charge >= 0.3 is 11.9 Å². The lowest BCUT2D eigenvalue weighted by atomic mass is 10.1. The number of H-pyrrole nitrogens is 1. The number of hydrogen-bond acceptors (Lipinski definition) is 6. The third-order valence-corrected chi connectivity index (χ3v) is 6.43. The van der Waals surface area contributed by atoms with Crippen molar-refractivity contribution in [3.63, 3.8) is 0 Å². The van der Waals surface area contributed by atoms with Crippen molar-refractivity contribution in [2.45, 2.75) is 6.18 Å². The minimum atomic E-state index is -4.88. The number of hydrazine groups is 1. The summed E-state index contributed by atoms with van der Waals surface area (Å²) >= 11 is 5.75. The molecule has 2 aromatic heterocycles. The van der Waals surface area contributed by atoms with Crippen LogP contribution >= 0.6 is 11.6 Å². The molecule has 0 bridgehead atoms. The third-order valence-electron chi connectivity index (χ3n) is 6.10. The fraction of sp³-hybridized carbons (Fsp3) is 0.0385. The highest BCUT2D eigenvalue weighted by atomic mass is 35.5. The molecule has 3 aromatic carbocycles. The van der Waals surface area contributed by atoms with E-state index in [1.807, 2.05) is 0 Å². The number of rotatable bonds is 4. The number of nitrogens with zero attached hydrogens (tertiary/aromatic N) is 3. The number of benzene rings is 3. The molecule has 0 spiro atoms. The van der Waals surface area contributed by atoms with Crippen LogP contribution in [0.2, 0.25) is 5.02 Å². The lowest BCUT2D eigenvalue weighted by Gasteiger charge is -2.24. The van der Waals surface area contributed by atoms with Crippen molar-refractivity contribution in [3.05, 3.63) is 110 Å². The summed E-state index contributed by atoms with van der Waals surface area (Å²) in [6.45, 7) is 0. The molecular formula is C26H16ClF5N6O2. The molecule has 40 heavy (non-hydrogen) atoms. The van der Waals surface area contributed by atoms with E-state index >= 15 is 0 Å². The maximum Gasteiger partial charge on any atom is 0.417 e. The third kappa shape index (κ3) is 4.54. The van der Waals surface area contributed by atoms with E-state index in [-0.39, 0.29) is 11.3 Å². The zero-order chi connectivity index (χ0) is 28.9. The van der Waals surface area contributed by atoms with Crippen molar-refractivity contribution >= 4 is 39.4 Å². The van der Waals surface area contributed by atoms with Crippen LogP contribution in [0, 0.1) is 11.6 Å². The summed E-state index contributed by atoms with van der Waals surface area (Å²) in [5.74, 6) is 3.54. The van der Waals surface area contributed by atoms with E-state index in [1.54, 1.807) is 24.3 Å². The molecule has 5 rings (SSSR count). The van der Waals surface area contributed by atoms with E-state index in [9.17, 15) is 31.5 Å². The molecular weight excluding hydrogens is 559 g/mol. The standard InChI is InChI=1S/C26H16ClF5N6O2/c27-16-6-5-12(7-15(16)26(30,31)32)22-23(38(34)20-9-18(29)17(28)8-19(20)33)24(39)37(25(40)36-22)21-11-35-10-13-3-1-2-4-14(13)21/h1-11H,33-34H2,(H,36,40). The first-order valence-electron chi connectivity index (χ1n) is 11.3. The molecule has 5 aromatic rings. The quantitative estimate of drug-likeness (QED) is 0.116. The normalized spacial score (nSPS) is 11.7. The van der Waals surface area contributed by atoms with Gasteiger partial charge in [-0.1, -0.05) is 41.9 Å². The Kier molecular flexibility index (Phi) is 6.56. The molecule has 204 valence electrons. The molecule has 14 heteroatoms. The highest BCUT2D eigenvalue weighted by Crippen LogP contribution is 2.39. The van der Waals surface area contributed by atoms with Crippen LogP contribution < -0.4 is 27.8 Å². The fourth-order valence-electron chi connectivity index (χ4n) is 4.24. The molecule has 0 aliphatic rings. The fourth-order valence-corrected chi connectivity index (χ4v) is 4.46. The number of anilines is 3. The van der Waals surface area contributed by atoms with Crippen LogP contribution in [0.15, 0.2) is 76.6 Å². The van der Waals surface area contributed by atoms with Crippen LogP contribution in [0.4, 0.5) is 39.0 Å². The van der Waals surface area contributed by atoms with E-state index in [1.165, 1.54) is 12.4 Å². The number of nitrogens with one attached hydrogen (secondary N) is 1. The van der Waals surface area contributed by atoms with E-state index in [0.717, 1.165) is 12.1 Å². The average molecular weight is 575 g/mol. The van der Waals surface area contributed by atoms with Gasteiger partial charge in [0.15, 0.2) is 11.6 Å². The Morgan fingerprint density at radius 3 is 2.40 bits per heavy atom. The highest BCUT2D eigenvalue weighted by molar-refractivity contribution is 6.31. The number of nitrogens with two attached hydrogens (primary N) is 2. The molecule has 0 fully saturated rings. The van der Waals surface area contributed by atoms with Crippen molar-refractivity contribution in [3.8, 4) is 16.9 Å². The molecule has 0 aliphatic heterocycles. The molecule has 0 saturated heterocycles. The largest absolute Gasteiger partial charge is 0.417 e. The Morgan fingerprint density at radius 1 is 0.975 bits per heavy atom. The van der Waals surface area contributed by atoms with Crippen LogP contribution in [-0.4, -0.2) is 14.5 Å². The lowest BCUT2D eigenvalue weighted by molar-refractivity contribution is -0.137. The summed E-state index contributed by atoms with van der Waals surface area (Å²) in [6, 6.07) is 10.6. The zero-order valence-electron chi connectivity index (χ0n) is 19.9. The second kappa shape index (κ2) is 9.77. The van der Waals surface area contributed by atoms with Gasteiger partial charge in [-0.2, -0.15) is 13.2 Å². The predicted octanol–water partition coefficient (Wildman–Crippen LogP) is 5.29. The van der Waals surface area contributed by atoms with Gasteiger partial charge in [0.25, 0.3) is 5.56 Å². The van der Waals surface area contributed by atoms with Gasteiger partial charge in [0.2, 0.25) is 0 Å². The predicted molar refractivity (Wildman–Crippen MR) is 141 cm³/mol.